The monoisotopic (exact) mass is 262 g/mol. The molecule has 4 heterocycles. The van der Waals surface area contributed by atoms with Crippen molar-refractivity contribution >= 4 is 11.6 Å². The lowest BCUT2D eigenvalue weighted by molar-refractivity contribution is 0.0974. The van der Waals surface area contributed by atoms with Gasteiger partial charge >= 0.3 is 0 Å². The molecule has 0 spiro atoms. The largest absolute Gasteiger partial charge is 0.366 e. The average Bonchev–Trinajstić information content (AvgIpc) is 2.48. The molecule has 6 heteroatoms. The van der Waals surface area contributed by atoms with Crippen molar-refractivity contribution in [2.75, 3.05) is 30.4 Å². The van der Waals surface area contributed by atoms with Gasteiger partial charge < -0.3 is 15.6 Å². The highest BCUT2D eigenvalue weighted by atomic mass is 15.3. The number of nitrogens with two attached hydrogens (primary N) is 1. The SMILES string of the molecule is CCc1nc(NN)cc(NC2CN3CCC2CC3)n1. The van der Waals surface area contributed by atoms with E-state index >= 15 is 0 Å². The Morgan fingerprint density at radius 1 is 1.32 bits per heavy atom. The number of aryl methyl sites for hydroxylation is 1. The molecule has 3 aliphatic heterocycles. The molecule has 3 fully saturated rings. The number of fused-ring (bicyclic) bond motifs is 3. The average molecular weight is 262 g/mol. The lowest BCUT2D eigenvalue weighted by Gasteiger charge is -2.45. The lowest BCUT2D eigenvalue weighted by Crippen LogP contribution is -2.53. The van der Waals surface area contributed by atoms with Crippen molar-refractivity contribution in [2.24, 2.45) is 11.8 Å². The van der Waals surface area contributed by atoms with Gasteiger partial charge in [-0.25, -0.2) is 15.8 Å². The first-order valence-electron chi connectivity index (χ1n) is 7.12. The minimum Gasteiger partial charge on any atom is -0.366 e. The molecule has 1 aromatic heterocycles. The number of hydrogen-bond donors (Lipinski definition) is 3. The number of nitrogen functional groups attached to an aromatic ring is 1. The summed E-state index contributed by atoms with van der Waals surface area (Å²) in [5.41, 5.74) is 2.61. The number of nitrogens with one attached hydrogen (secondary N) is 2. The second kappa shape index (κ2) is 5.30. The standard InChI is InChI=1S/C13H22N6/c1-2-11-16-12(7-13(17-11)18-14)15-10-8-19-5-3-9(10)4-6-19/h7,9-10H,2-6,8,14H2,1H3,(H2,15,16,17,18). The maximum atomic E-state index is 5.46. The van der Waals surface area contributed by atoms with Crippen molar-refractivity contribution in [3.8, 4) is 0 Å². The molecule has 0 radical (unpaired) electrons. The molecular weight excluding hydrogens is 240 g/mol. The Bertz CT molecular complexity index is 419. The van der Waals surface area contributed by atoms with Gasteiger partial charge in [0.2, 0.25) is 0 Å². The summed E-state index contributed by atoms with van der Waals surface area (Å²) >= 11 is 0. The van der Waals surface area contributed by atoms with Gasteiger partial charge in [0.15, 0.2) is 0 Å². The summed E-state index contributed by atoms with van der Waals surface area (Å²) in [6.07, 6.45) is 3.40. The molecule has 104 valence electrons. The van der Waals surface area contributed by atoms with Crippen molar-refractivity contribution in [3.63, 3.8) is 0 Å². The van der Waals surface area contributed by atoms with Crippen molar-refractivity contribution in [2.45, 2.75) is 32.2 Å². The van der Waals surface area contributed by atoms with E-state index in [2.05, 4.69) is 25.6 Å². The Labute approximate surface area is 113 Å². The zero-order chi connectivity index (χ0) is 13.2. The van der Waals surface area contributed by atoms with E-state index in [4.69, 9.17) is 5.84 Å². The number of hydrazine groups is 1. The van der Waals surface area contributed by atoms with E-state index in [-0.39, 0.29) is 0 Å². The molecule has 4 N–H and O–H groups in total. The number of anilines is 2. The predicted octanol–water partition coefficient (Wildman–Crippen LogP) is 0.831. The van der Waals surface area contributed by atoms with Crippen LogP contribution >= 0.6 is 0 Å². The van der Waals surface area contributed by atoms with Crippen LogP contribution in [-0.4, -0.2) is 40.5 Å². The molecule has 0 aliphatic carbocycles. The molecule has 2 bridgehead atoms. The van der Waals surface area contributed by atoms with Gasteiger partial charge in [0.1, 0.15) is 17.5 Å². The molecule has 3 aliphatic rings. The smallest absolute Gasteiger partial charge is 0.145 e. The highest BCUT2D eigenvalue weighted by molar-refractivity contribution is 5.47. The predicted molar refractivity (Wildman–Crippen MR) is 75.8 cm³/mol. The first kappa shape index (κ1) is 12.6. The van der Waals surface area contributed by atoms with E-state index in [1.807, 2.05) is 13.0 Å². The fourth-order valence-electron chi connectivity index (χ4n) is 3.12. The van der Waals surface area contributed by atoms with Crippen LogP contribution in [0.25, 0.3) is 0 Å². The summed E-state index contributed by atoms with van der Waals surface area (Å²) in [4.78, 5) is 11.4. The Morgan fingerprint density at radius 3 is 2.63 bits per heavy atom. The van der Waals surface area contributed by atoms with Gasteiger partial charge in [0.25, 0.3) is 0 Å². The zero-order valence-electron chi connectivity index (χ0n) is 11.4. The molecule has 0 aromatic carbocycles. The molecule has 19 heavy (non-hydrogen) atoms. The Balaban J connectivity index is 1.75. The van der Waals surface area contributed by atoms with Crippen molar-refractivity contribution < 1.29 is 0 Å². The normalized spacial score (nSPS) is 29.3. The molecule has 0 amide bonds. The maximum Gasteiger partial charge on any atom is 0.145 e. The molecular formula is C13H22N6. The van der Waals surface area contributed by atoms with Gasteiger partial charge in [-0.15, -0.1) is 0 Å². The van der Waals surface area contributed by atoms with Crippen LogP contribution in [0.15, 0.2) is 6.07 Å². The van der Waals surface area contributed by atoms with Gasteiger partial charge in [-0.05, 0) is 31.8 Å². The lowest BCUT2D eigenvalue weighted by atomic mass is 9.84. The second-order valence-corrected chi connectivity index (χ2v) is 5.44. The minimum atomic E-state index is 0.507. The van der Waals surface area contributed by atoms with Crippen LogP contribution < -0.4 is 16.6 Å². The Morgan fingerprint density at radius 2 is 2.05 bits per heavy atom. The number of hydrogen-bond acceptors (Lipinski definition) is 6. The van der Waals surface area contributed by atoms with Crippen molar-refractivity contribution in [3.05, 3.63) is 11.9 Å². The number of piperidine rings is 3. The molecule has 3 saturated heterocycles. The third kappa shape index (κ3) is 2.64. The van der Waals surface area contributed by atoms with E-state index in [9.17, 15) is 0 Å². The molecule has 6 nitrogen and oxygen atoms in total. The van der Waals surface area contributed by atoms with Crippen LogP contribution in [0, 0.1) is 5.92 Å². The van der Waals surface area contributed by atoms with Crippen LogP contribution in [0.1, 0.15) is 25.6 Å². The van der Waals surface area contributed by atoms with Crippen LogP contribution in [0.3, 0.4) is 0 Å². The first-order valence-corrected chi connectivity index (χ1v) is 7.12. The van der Waals surface area contributed by atoms with Gasteiger partial charge in [0, 0.05) is 25.1 Å². The summed E-state index contributed by atoms with van der Waals surface area (Å²) in [6.45, 7) is 5.68. The van der Waals surface area contributed by atoms with E-state index in [1.165, 1.54) is 25.9 Å². The zero-order valence-corrected chi connectivity index (χ0v) is 11.4. The van der Waals surface area contributed by atoms with E-state index in [0.717, 1.165) is 30.5 Å². The highest BCUT2D eigenvalue weighted by Gasteiger charge is 2.34. The fraction of sp³-hybridized carbons (Fsp3) is 0.692. The molecule has 1 aromatic rings. The topological polar surface area (TPSA) is 79.1 Å². The van der Waals surface area contributed by atoms with Crippen molar-refractivity contribution in [1.29, 1.82) is 0 Å². The first-order chi connectivity index (χ1) is 9.28. The number of nitrogens with zero attached hydrogens (tertiary/aromatic N) is 3. The van der Waals surface area contributed by atoms with Crippen molar-refractivity contribution in [1.82, 2.24) is 14.9 Å². The number of aromatic nitrogens is 2. The molecule has 4 rings (SSSR count). The molecule has 1 unspecified atom stereocenters. The number of rotatable bonds is 4. The minimum absolute atomic E-state index is 0.507. The summed E-state index contributed by atoms with van der Waals surface area (Å²) in [5.74, 6) is 8.62. The third-order valence-electron chi connectivity index (χ3n) is 4.23. The fourth-order valence-corrected chi connectivity index (χ4v) is 3.12. The highest BCUT2D eigenvalue weighted by Crippen LogP contribution is 2.29. The Kier molecular flexibility index (Phi) is 3.52. The summed E-state index contributed by atoms with van der Waals surface area (Å²) < 4.78 is 0. The second-order valence-electron chi connectivity index (χ2n) is 5.44. The van der Waals surface area contributed by atoms with Crippen LogP contribution in [-0.2, 0) is 6.42 Å². The van der Waals surface area contributed by atoms with Crippen LogP contribution in [0.2, 0.25) is 0 Å². The Hall–Kier alpha value is -1.40. The van der Waals surface area contributed by atoms with E-state index < -0.39 is 0 Å². The summed E-state index contributed by atoms with van der Waals surface area (Å²) in [5, 5.41) is 3.57. The molecule has 1 atom stereocenters. The van der Waals surface area contributed by atoms with E-state index in [0.29, 0.717) is 11.9 Å². The van der Waals surface area contributed by atoms with Crippen LogP contribution in [0.4, 0.5) is 11.6 Å². The summed E-state index contributed by atoms with van der Waals surface area (Å²) in [6, 6.07) is 2.39. The quantitative estimate of drug-likeness (QED) is 0.551. The van der Waals surface area contributed by atoms with Crippen LogP contribution in [0.5, 0.6) is 0 Å². The summed E-state index contributed by atoms with van der Waals surface area (Å²) in [7, 11) is 0. The maximum absolute atomic E-state index is 5.46. The molecule has 0 saturated carbocycles. The van der Waals surface area contributed by atoms with Gasteiger partial charge in [0.05, 0.1) is 0 Å². The van der Waals surface area contributed by atoms with Gasteiger partial charge in [-0.1, -0.05) is 6.92 Å². The van der Waals surface area contributed by atoms with Gasteiger partial charge in [-0.3, -0.25) is 0 Å². The van der Waals surface area contributed by atoms with Gasteiger partial charge in [-0.2, -0.15) is 0 Å². The third-order valence-corrected chi connectivity index (χ3v) is 4.23. The van der Waals surface area contributed by atoms with E-state index in [1.54, 1.807) is 0 Å².